The molecule has 0 bridgehead atoms. The van der Waals surface area contributed by atoms with Crippen LogP contribution in [0.15, 0.2) is 18.2 Å². The third-order valence-corrected chi connectivity index (χ3v) is 5.19. The van der Waals surface area contributed by atoms with Crippen molar-refractivity contribution in [3.8, 4) is 11.5 Å². The second-order valence-corrected chi connectivity index (χ2v) is 6.91. The predicted molar refractivity (Wildman–Crippen MR) is 93.7 cm³/mol. The number of ether oxygens (including phenoxy) is 2. The lowest BCUT2D eigenvalue weighted by molar-refractivity contribution is 0.129. The van der Waals surface area contributed by atoms with Gasteiger partial charge in [0.05, 0.1) is 0 Å². The number of nitrogens with zero attached hydrogens (tertiary/aromatic N) is 1. The molecular weight excluding hydrogens is 306 g/mol. The number of urea groups is 1. The van der Waals surface area contributed by atoms with Crippen LogP contribution in [0, 0.1) is 0 Å². The topological polar surface area (TPSA) is 62.8 Å². The third-order valence-electron chi connectivity index (χ3n) is 5.19. The monoisotopic (exact) mass is 333 g/mol. The average molecular weight is 333 g/mol. The molecule has 0 radical (unpaired) electrons. The minimum Gasteiger partial charge on any atom is -0.454 e. The molecule has 0 spiro atoms. The zero-order valence-electron chi connectivity index (χ0n) is 14.6. The van der Waals surface area contributed by atoms with E-state index in [9.17, 15) is 4.79 Å². The zero-order chi connectivity index (χ0) is 17.0. The lowest BCUT2D eigenvalue weighted by atomic mass is 9.89. The van der Waals surface area contributed by atoms with Crippen molar-refractivity contribution in [1.29, 1.82) is 0 Å². The smallest absolute Gasteiger partial charge is 0.319 e. The van der Waals surface area contributed by atoms with Gasteiger partial charge in [0.1, 0.15) is 0 Å². The van der Waals surface area contributed by atoms with Crippen LogP contribution in [0.3, 0.4) is 0 Å². The van der Waals surface area contributed by atoms with E-state index in [2.05, 4.69) is 29.6 Å². The van der Waals surface area contributed by atoms with Crippen molar-refractivity contribution in [3.63, 3.8) is 0 Å². The van der Waals surface area contributed by atoms with E-state index in [-0.39, 0.29) is 18.4 Å². The van der Waals surface area contributed by atoms with Gasteiger partial charge >= 0.3 is 6.03 Å². The van der Waals surface area contributed by atoms with Crippen LogP contribution in [-0.4, -0.2) is 43.9 Å². The molecule has 0 aromatic heterocycles. The molecule has 6 heteroatoms. The summed E-state index contributed by atoms with van der Waals surface area (Å²) in [7, 11) is 4.23. The quantitative estimate of drug-likeness (QED) is 0.831. The first-order valence-corrected chi connectivity index (χ1v) is 8.71. The number of rotatable bonds is 4. The van der Waals surface area contributed by atoms with Crippen molar-refractivity contribution >= 4 is 11.7 Å². The Balaban J connectivity index is 1.57. The van der Waals surface area contributed by atoms with E-state index in [1.807, 2.05) is 12.1 Å². The van der Waals surface area contributed by atoms with Crippen LogP contribution < -0.4 is 20.1 Å². The van der Waals surface area contributed by atoms with Crippen molar-refractivity contribution in [2.24, 2.45) is 0 Å². The van der Waals surface area contributed by atoms with Crippen molar-refractivity contribution in [1.82, 2.24) is 10.2 Å². The summed E-state index contributed by atoms with van der Waals surface area (Å²) in [5.41, 5.74) is 0.763. The summed E-state index contributed by atoms with van der Waals surface area (Å²) >= 11 is 0. The van der Waals surface area contributed by atoms with Crippen LogP contribution in [0.4, 0.5) is 10.5 Å². The van der Waals surface area contributed by atoms with Crippen molar-refractivity contribution in [2.75, 3.05) is 32.7 Å². The number of carbonyl (C=O) groups is 1. The van der Waals surface area contributed by atoms with E-state index < -0.39 is 0 Å². The van der Waals surface area contributed by atoms with Crippen LogP contribution in [0.1, 0.15) is 38.5 Å². The van der Waals surface area contributed by atoms with E-state index in [0.717, 1.165) is 12.8 Å². The molecule has 24 heavy (non-hydrogen) atoms. The third kappa shape index (κ3) is 3.75. The highest BCUT2D eigenvalue weighted by Gasteiger charge is 2.33. The van der Waals surface area contributed by atoms with Crippen molar-refractivity contribution < 1.29 is 14.3 Å². The van der Waals surface area contributed by atoms with Crippen molar-refractivity contribution in [3.05, 3.63) is 18.2 Å². The minimum absolute atomic E-state index is 0.0583. The summed E-state index contributed by atoms with van der Waals surface area (Å²) < 4.78 is 10.6. The van der Waals surface area contributed by atoms with Gasteiger partial charge < -0.3 is 25.0 Å². The maximum Gasteiger partial charge on any atom is 0.319 e. The number of amides is 2. The molecule has 1 aliphatic carbocycles. The van der Waals surface area contributed by atoms with Gasteiger partial charge in [0.2, 0.25) is 6.79 Å². The molecule has 1 aromatic carbocycles. The van der Waals surface area contributed by atoms with Crippen molar-refractivity contribution in [2.45, 2.75) is 44.1 Å². The summed E-state index contributed by atoms with van der Waals surface area (Å²) in [6.07, 6.45) is 7.29. The maximum atomic E-state index is 12.3. The van der Waals surface area contributed by atoms with Gasteiger partial charge in [-0.15, -0.1) is 0 Å². The Labute approximate surface area is 143 Å². The lowest BCUT2D eigenvalue weighted by Gasteiger charge is -2.39. The predicted octanol–water partition coefficient (Wildman–Crippen LogP) is 3.19. The number of carbonyl (C=O) groups excluding carboxylic acids is 1. The summed E-state index contributed by atoms with van der Waals surface area (Å²) in [5, 5.41) is 5.93. The van der Waals surface area contributed by atoms with E-state index >= 15 is 0 Å². The Morgan fingerprint density at radius 1 is 1.12 bits per heavy atom. The maximum absolute atomic E-state index is 12.3. The van der Waals surface area contributed by atoms with Gasteiger partial charge in [0.15, 0.2) is 11.5 Å². The molecule has 1 heterocycles. The molecule has 1 aliphatic heterocycles. The number of hydrogen-bond acceptors (Lipinski definition) is 4. The molecule has 0 saturated heterocycles. The van der Waals surface area contributed by atoms with Crippen LogP contribution in [-0.2, 0) is 0 Å². The molecule has 1 fully saturated rings. The summed E-state index contributed by atoms with van der Waals surface area (Å²) in [6, 6.07) is 5.24. The van der Waals surface area contributed by atoms with Gasteiger partial charge in [-0.25, -0.2) is 4.79 Å². The second-order valence-electron chi connectivity index (χ2n) is 6.91. The van der Waals surface area contributed by atoms with E-state index in [0.29, 0.717) is 23.7 Å². The average Bonchev–Trinajstić information content (AvgIpc) is 2.88. The first-order chi connectivity index (χ1) is 11.6. The fourth-order valence-electron chi connectivity index (χ4n) is 3.56. The van der Waals surface area contributed by atoms with Gasteiger partial charge in [-0.3, -0.25) is 0 Å². The van der Waals surface area contributed by atoms with Crippen LogP contribution in [0.2, 0.25) is 0 Å². The van der Waals surface area contributed by atoms with Crippen LogP contribution >= 0.6 is 0 Å². The minimum atomic E-state index is -0.181. The van der Waals surface area contributed by atoms with Gasteiger partial charge in [-0.2, -0.15) is 0 Å². The van der Waals surface area contributed by atoms with Crippen LogP contribution in [0.25, 0.3) is 0 Å². The number of nitrogens with one attached hydrogen (secondary N) is 2. The van der Waals surface area contributed by atoms with Gasteiger partial charge in [-0.05, 0) is 39.1 Å². The molecule has 1 saturated carbocycles. The largest absolute Gasteiger partial charge is 0.454 e. The number of likely N-dealkylation sites (N-methyl/N-ethyl adjacent to an activating group) is 1. The first kappa shape index (κ1) is 16.9. The number of benzene rings is 1. The standard InChI is InChI=1S/C18H27N3O3/c1-21(2)18(9-5-3-4-6-10-18)12-19-17(22)20-14-7-8-15-16(11-14)24-13-23-15/h7-8,11H,3-6,9-10,12-13H2,1-2H3,(H2,19,20,22). The highest BCUT2D eigenvalue weighted by molar-refractivity contribution is 5.89. The Morgan fingerprint density at radius 2 is 1.83 bits per heavy atom. The highest BCUT2D eigenvalue weighted by atomic mass is 16.7. The normalized spacial score (nSPS) is 19.0. The van der Waals surface area contributed by atoms with E-state index in [1.165, 1.54) is 25.7 Å². The first-order valence-electron chi connectivity index (χ1n) is 8.71. The molecule has 2 aliphatic rings. The lowest BCUT2D eigenvalue weighted by Crippen LogP contribution is -2.53. The van der Waals surface area contributed by atoms with Gasteiger partial charge in [0.25, 0.3) is 0 Å². The van der Waals surface area contributed by atoms with E-state index in [4.69, 9.17) is 9.47 Å². The number of anilines is 1. The summed E-state index contributed by atoms with van der Waals surface area (Å²) in [5.74, 6) is 1.38. The Morgan fingerprint density at radius 3 is 2.54 bits per heavy atom. The second kappa shape index (κ2) is 7.30. The number of fused-ring (bicyclic) bond motifs is 1. The highest BCUT2D eigenvalue weighted by Crippen LogP contribution is 2.34. The fourth-order valence-corrected chi connectivity index (χ4v) is 3.56. The zero-order valence-corrected chi connectivity index (χ0v) is 14.6. The molecule has 0 atom stereocenters. The Hall–Kier alpha value is -1.95. The summed E-state index contributed by atoms with van der Waals surface area (Å²) in [6.45, 7) is 0.896. The molecule has 2 amide bonds. The molecule has 3 rings (SSSR count). The van der Waals surface area contributed by atoms with Crippen LogP contribution in [0.5, 0.6) is 11.5 Å². The Bertz CT molecular complexity index is 581. The molecular formula is C18H27N3O3. The van der Waals surface area contributed by atoms with Gasteiger partial charge in [-0.1, -0.05) is 25.7 Å². The molecule has 1 aromatic rings. The summed E-state index contributed by atoms with van der Waals surface area (Å²) in [4.78, 5) is 14.6. The molecule has 6 nitrogen and oxygen atoms in total. The van der Waals surface area contributed by atoms with Gasteiger partial charge in [0, 0.05) is 23.8 Å². The molecule has 132 valence electrons. The SMILES string of the molecule is CN(C)C1(CNC(=O)Nc2ccc3c(c2)OCO3)CCCCCC1. The van der Waals surface area contributed by atoms with E-state index in [1.54, 1.807) is 6.07 Å². The molecule has 2 N–H and O–H groups in total. The fraction of sp³-hybridized carbons (Fsp3) is 0.611. The number of hydrogen-bond donors (Lipinski definition) is 2. The Kier molecular flexibility index (Phi) is 5.14. The molecule has 0 unspecified atom stereocenters.